The minimum atomic E-state index is -0.151. The molecule has 2 aromatic rings. The summed E-state index contributed by atoms with van der Waals surface area (Å²) in [5, 5.41) is 0. The van der Waals surface area contributed by atoms with Crippen molar-refractivity contribution in [2.75, 3.05) is 25.0 Å². The Labute approximate surface area is 156 Å². The van der Waals surface area contributed by atoms with E-state index < -0.39 is 0 Å². The van der Waals surface area contributed by atoms with Crippen LogP contribution in [0.1, 0.15) is 22.3 Å². The third-order valence-corrected chi connectivity index (χ3v) is 5.22. The molecule has 2 amide bonds. The molecule has 5 heteroatoms. The number of rotatable bonds is 3. The minimum Gasteiger partial charge on any atom is -0.338 e. The number of hydrogen-bond acceptors (Lipinski definition) is 2. The van der Waals surface area contributed by atoms with Gasteiger partial charge < -0.3 is 9.80 Å². The molecule has 1 heterocycles. The van der Waals surface area contributed by atoms with Crippen molar-refractivity contribution in [1.82, 2.24) is 4.90 Å². The van der Waals surface area contributed by atoms with Crippen LogP contribution in [0.25, 0.3) is 0 Å². The number of amides is 2. The topological polar surface area (TPSA) is 40.6 Å². The molecule has 1 saturated heterocycles. The van der Waals surface area contributed by atoms with Gasteiger partial charge >= 0.3 is 0 Å². The maximum atomic E-state index is 12.8. The molecule has 0 bridgehead atoms. The molecule has 0 spiro atoms. The summed E-state index contributed by atoms with van der Waals surface area (Å²) in [6, 6.07) is 15.3. The molecule has 0 aromatic heterocycles. The van der Waals surface area contributed by atoms with Crippen LogP contribution in [0.5, 0.6) is 0 Å². The number of hydrogen-bond donors (Lipinski definition) is 0. The molecule has 2 aromatic carbocycles. The van der Waals surface area contributed by atoms with Gasteiger partial charge in [0.2, 0.25) is 5.91 Å². The Bertz CT molecular complexity index is 792. The van der Waals surface area contributed by atoms with Gasteiger partial charge in [0.15, 0.2) is 0 Å². The monoisotopic (exact) mass is 400 g/mol. The summed E-state index contributed by atoms with van der Waals surface area (Å²) in [6.07, 6.45) is 0.703. The van der Waals surface area contributed by atoms with E-state index in [0.717, 1.165) is 15.7 Å². The lowest BCUT2D eigenvalue weighted by molar-refractivity contribution is -0.121. The van der Waals surface area contributed by atoms with Crippen molar-refractivity contribution in [2.45, 2.75) is 13.3 Å². The van der Waals surface area contributed by atoms with Gasteiger partial charge in [0.25, 0.3) is 5.91 Å². The first-order valence-electron chi connectivity index (χ1n) is 8.35. The second-order valence-corrected chi connectivity index (χ2v) is 7.34. The Morgan fingerprint density at radius 2 is 1.88 bits per heavy atom. The number of aryl methyl sites for hydroxylation is 1. The Balaban J connectivity index is 1.70. The zero-order chi connectivity index (χ0) is 18.0. The number of halogens is 1. The van der Waals surface area contributed by atoms with Gasteiger partial charge in [-0.3, -0.25) is 9.59 Å². The van der Waals surface area contributed by atoms with E-state index in [1.165, 1.54) is 0 Å². The number of anilines is 1. The van der Waals surface area contributed by atoms with Crippen molar-refractivity contribution in [2.24, 2.45) is 5.92 Å². The molecule has 0 radical (unpaired) electrons. The summed E-state index contributed by atoms with van der Waals surface area (Å²) in [7, 11) is 1.79. The predicted molar refractivity (Wildman–Crippen MR) is 103 cm³/mol. The number of nitrogens with zero attached hydrogens (tertiary/aromatic N) is 2. The summed E-state index contributed by atoms with van der Waals surface area (Å²) >= 11 is 3.42. The van der Waals surface area contributed by atoms with Gasteiger partial charge in [-0.25, -0.2) is 0 Å². The van der Waals surface area contributed by atoms with Gasteiger partial charge in [-0.15, -0.1) is 0 Å². The van der Waals surface area contributed by atoms with Gasteiger partial charge in [0.1, 0.15) is 0 Å². The van der Waals surface area contributed by atoms with Crippen LogP contribution in [0.4, 0.5) is 5.69 Å². The highest BCUT2D eigenvalue weighted by molar-refractivity contribution is 9.10. The van der Waals surface area contributed by atoms with Crippen molar-refractivity contribution >= 4 is 33.4 Å². The van der Waals surface area contributed by atoms with Gasteiger partial charge in [-0.1, -0.05) is 40.2 Å². The number of para-hydroxylation sites is 1. The highest BCUT2D eigenvalue weighted by Gasteiger charge is 2.33. The van der Waals surface area contributed by atoms with Crippen molar-refractivity contribution in [3.8, 4) is 0 Å². The fraction of sp³-hybridized carbons (Fsp3) is 0.300. The van der Waals surface area contributed by atoms with Crippen LogP contribution in [-0.2, 0) is 4.79 Å². The van der Waals surface area contributed by atoms with E-state index in [4.69, 9.17) is 0 Å². The molecule has 0 aliphatic carbocycles. The largest absolute Gasteiger partial charge is 0.338 e. The summed E-state index contributed by atoms with van der Waals surface area (Å²) in [5.74, 6) is -0.0921. The highest BCUT2D eigenvalue weighted by Crippen LogP contribution is 2.25. The molecule has 1 atom stereocenters. The van der Waals surface area contributed by atoms with Crippen molar-refractivity contribution in [3.63, 3.8) is 0 Å². The third kappa shape index (κ3) is 3.76. The summed E-state index contributed by atoms with van der Waals surface area (Å²) in [5.41, 5.74) is 2.52. The molecule has 0 N–H and O–H groups in total. The van der Waals surface area contributed by atoms with E-state index in [1.807, 2.05) is 55.5 Å². The molecule has 1 aliphatic rings. The van der Waals surface area contributed by atoms with Gasteiger partial charge in [-0.05, 0) is 43.2 Å². The maximum absolute atomic E-state index is 12.8. The first-order valence-corrected chi connectivity index (χ1v) is 9.14. The fourth-order valence-corrected chi connectivity index (χ4v) is 3.56. The standard InChI is InChI=1S/C20H21BrN2O2/c1-14-8-9-16(21)12-18(14)20(25)23-11-10-15(13-23)19(24)22(2)17-6-4-3-5-7-17/h3-9,12,15H,10-11,13H2,1-2H3. The lowest BCUT2D eigenvalue weighted by Crippen LogP contribution is -2.36. The van der Waals surface area contributed by atoms with E-state index >= 15 is 0 Å². The Kier molecular flexibility index (Phi) is 5.23. The molecule has 1 aliphatic heterocycles. The highest BCUT2D eigenvalue weighted by atomic mass is 79.9. The van der Waals surface area contributed by atoms with Crippen LogP contribution in [0.2, 0.25) is 0 Å². The molecular weight excluding hydrogens is 380 g/mol. The average Bonchev–Trinajstić information content (AvgIpc) is 3.12. The molecule has 25 heavy (non-hydrogen) atoms. The van der Waals surface area contributed by atoms with E-state index in [0.29, 0.717) is 25.1 Å². The van der Waals surface area contributed by atoms with Gasteiger partial charge in [0.05, 0.1) is 5.92 Å². The Hall–Kier alpha value is -2.14. The summed E-state index contributed by atoms with van der Waals surface area (Å²) < 4.78 is 0.886. The lowest BCUT2D eigenvalue weighted by Gasteiger charge is -2.22. The van der Waals surface area contributed by atoms with E-state index in [2.05, 4.69) is 15.9 Å². The second-order valence-electron chi connectivity index (χ2n) is 6.43. The average molecular weight is 401 g/mol. The minimum absolute atomic E-state index is 0.00327. The normalized spacial score (nSPS) is 16.8. The molecule has 1 fully saturated rings. The Morgan fingerprint density at radius 3 is 2.60 bits per heavy atom. The van der Waals surface area contributed by atoms with E-state index in [9.17, 15) is 9.59 Å². The van der Waals surface area contributed by atoms with Crippen LogP contribution in [-0.4, -0.2) is 36.9 Å². The van der Waals surface area contributed by atoms with E-state index in [1.54, 1.807) is 16.8 Å². The smallest absolute Gasteiger partial charge is 0.254 e. The molecule has 3 rings (SSSR count). The summed E-state index contributed by atoms with van der Waals surface area (Å²) in [6.45, 7) is 3.02. The Morgan fingerprint density at radius 1 is 1.16 bits per heavy atom. The SMILES string of the molecule is Cc1ccc(Br)cc1C(=O)N1CCC(C(=O)N(C)c2ccccc2)C1. The van der Waals surface area contributed by atoms with Gasteiger partial charge in [0, 0.05) is 35.9 Å². The quantitative estimate of drug-likeness (QED) is 0.783. The molecular formula is C20H21BrN2O2. The van der Waals surface area contributed by atoms with Crippen LogP contribution < -0.4 is 4.90 Å². The maximum Gasteiger partial charge on any atom is 0.254 e. The molecule has 0 saturated carbocycles. The first kappa shape index (κ1) is 17.7. The van der Waals surface area contributed by atoms with Crippen molar-refractivity contribution in [3.05, 3.63) is 64.1 Å². The summed E-state index contributed by atoms with van der Waals surface area (Å²) in [4.78, 5) is 29.0. The molecule has 4 nitrogen and oxygen atoms in total. The zero-order valence-corrected chi connectivity index (χ0v) is 16.0. The number of carbonyl (C=O) groups is 2. The van der Waals surface area contributed by atoms with Crippen molar-refractivity contribution < 1.29 is 9.59 Å². The van der Waals surface area contributed by atoms with Crippen molar-refractivity contribution in [1.29, 1.82) is 0 Å². The predicted octanol–water partition coefficient (Wildman–Crippen LogP) is 3.88. The zero-order valence-electron chi connectivity index (χ0n) is 14.4. The van der Waals surface area contributed by atoms with Crippen LogP contribution >= 0.6 is 15.9 Å². The lowest BCUT2D eigenvalue weighted by atomic mass is 10.1. The van der Waals surface area contributed by atoms with Gasteiger partial charge in [-0.2, -0.15) is 0 Å². The second kappa shape index (κ2) is 7.40. The fourth-order valence-electron chi connectivity index (χ4n) is 3.19. The molecule has 1 unspecified atom stereocenters. The molecule has 130 valence electrons. The van der Waals surface area contributed by atoms with E-state index in [-0.39, 0.29) is 17.7 Å². The van der Waals surface area contributed by atoms with Crippen LogP contribution in [0.15, 0.2) is 53.0 Å². The number of benzene rings is 2. The first-order chi connectivity index (χ1) is 12.0. The number of carbonyl (C=O) groups excluding carboxylic acids is 2. The third-order valence-electron chi connectivity index (χ3n) is 4.73. The van der Waals surface area contributed by atoms with Crippen LogP contribution in [0, 0.1) is 12.8 Å². The number of likely N-dealkylation sites (tertiary alicyclic amines) is 1. The van der Waals surface area contributed by atoms with Crippen LogP contribution in [0.3, 0.4) is 0 Å².